The van der Waals surface area contributed by atoms with Crippen LogP contribution in [0.4, 0.5) is 18.0 Å². The summed E-state index contributed by atoms with van der Waals surface area (Å²) in [5.41, 5.74) is 1.94. The van der Waals surface area contributed by atoms with E-state index in [9.17, 15) is 18.0 Å². The standard InChI is InChI=1S/C7H13F3N4O/c8-7(9,10)5-13-1-3-14(4-2-13)6(15)12-11/h1-5,11H2,(H,12,15). The predicted molar refractivity (Wildman–Crippen MR) is 46.8 cm³/mol. The second kappa shape index (κ2) is 4.67. The second-order valence-corrected chi connectivity index (χ2v) is 3.33. The molecule has 8 heteroatoms. The Morgan fingerprint density at radius 3 is 2.20 bits per heavy atom. The van der Waals surface area contributed by atoms with E-state index in [0.29, 0.717) is 0 Å². The molecule has 1 heterocycles. The SMILES string of the molecule is NNC(=O)N1CCN(CC(F)(F)F)CC1. The number of rotatable bonds is 1. The topological polar surface area (TPSA) is 61.6 Å². The highest BCUT2D eigenvalue weighted by atomic mass is 19.4. The summed E-state index contributed by atoms with van der Waals surface area (Å²) in [6.07, 6.45) is -4.18. The monoisotopic (exact) mass is 226 g/mol. The van der Waals surface area contributed by atoms with E-state index < -0.39 is 18.8 Å². The number of amides is 2. The van der Waals surface area contributed by atoms with Gasteiger partial charge < -0.3 is 4.90 Å². The fourth-order valence-corrected chi connectivity index (χ4v) is 1.45. The van der Waals surface area contributed by atoms with Gasteiger partial charge in [-0.1, -0.05) is 0 Å². The molecule has 0 aromatic heterocycles. The number of carbonyl (C=O) groups is 1. The van der Waals surface area contributed by atoms with Crippen LogP contribution in [0.15, 0.2) is 0 Å². The molecule has 0 unspecified atom stereocenters. The van der Waals surface area contributed by atoms with Crippen molar-refractivity contribution in [3.05, 3.63) is 0 Å². The van der Waals surface area contributed by atoms with Gasteiger partial charge in [-0.2, -0.15) is 13.2 Å². The van der Waals surface area contributed by atoms with E-state index in [1.54, 1.807) is 0 Å². The average molecular weight is 226 g/mol. The Hall–Kier alpha value is -1.02. The number of halogens is 3. The molecule has 0 bridgehead atoms. The first-order chi connectivity index (χ1) is 6.92. The molecule has 1 saturated heterocycles. The first-order valence-corrected chi connectivity index (χ1v) is 4.47. The van der Waals surface area contributed by atoms with E-state index in [-0.39, 0.29) is 26.2 Å². The van der Waals surface area contributed by atoms with Crippen molar-refractivity contribution in [2.24, 2.45) is 5.84 Å². The van der Waals surface area contributed by atoms with Gasteiger partial charge >= 0.3 is 12.2 Å². The van der Waals surface area contributed by atoms with E-state index in [1.165, 1.54) is 9.80 Å². The molecule has 0 radical (unpaired) electrons. The number of hydrazine groups is 1. The van der Waals surface area contributed by atoms with E-state index in [4.69, 9.17) is 5.84 Å². The van der Waals surface area contributed by atoms with Crippen LogP contribution < -0.4 is 11.3 Å². The second-order valence-electron chi connectivity index (χ2n) is 3.33. The largest absolute Gasteiger partial charge is 0.401 e. The van der Waals surface area contributed by atoms with Crippen molar-refractivity contribution >= 4 is 6.03 Å². The van der Waals surface area contributed by atoms with Crippen LogP contribution in [-0.2, 0) is 0 Å². The van der Waals surface area contributed by atoms with Crippen molar-refractivity contribution in [2.75, 3.05) is 32.7 Å². The molecule has 0 spiro atoms. The van der Waals surface area contributed by atoms with Crippen LogP contribution >= 0.6 is 0 Å². The number of nitrogens with two attached hydrogens (primary N) is 1. The summed E-state index contributed by atoms with van der Waals surface area (Å²) in [5, 5.41) is 0. The highest BCUT2D eigenvalue weighted by Gasteiger charge is 2.32. The Morgan fingerprint density at radius 2 is 1.80 bits per heavy atom. The lowest BCUT2D eigenvalue weighted by Crippen LogP contribution is -2.54. The molecular formula is C7H13F3N4O. The lowest BCUT2D eigenvalue weighted by Gasteiger charge is -2.34. The summed E-state index contributed by atoms with van der Waals surface area (Å²) in [6, 6.07) is -0.457. The summed E-state index contributed by atoms with van der Waals surface area (Å²) in [5.74, 6) is 4.90. The van der Waals surface area contributed by atoms with Crippen molar-refractivity contribution < 1.29 is 18.0 Å². The third-order valence-electron chi connectivity index (χ3n) is 2.19. The Morgan fingerprint density at radius 1 is 1.27 bits per heavy atom. The average Bonchev–Trinajstić information content (AvgIpc) is 2.15. The Kier molecular flexibility index (Phi) is 3.75. The van der Waals surface area contributed by atoms with E-state index >= 15 is 0 Å². The number of nitrogens with zero attached hydrogens (tertiary/aromatic N) is 2. The van der Waals surface area contributed by atoms with Crippen molar-refractivity contribution in [2.45, 2.75) is 6.18 Å². The Bertz CT molecular complexity index is 225. The molecule has 1 aliphatic rings. The number of urea groups is 1. The quantitative estimate of drug-likeness (QED) is 0.368. The van der Waals surface area contributed by atoms with Gasteiger partial charge in [0.05, 0.1) is 6.54 Å². The Labute approximate surface area is 85.0 Å². The van der Waals surface area contributed by atoms with Gasteiger partial charge in [0.2, 0.25) is 0 Å². The lowest BCUT2D eigenvalue weighted by molar-refractivity contribution is -0.148. The maximum Gasteiger partial charge on any atom is 0.401 e. The van der Waals surface area contributed by atoms with Gasteiger partial charge in [-0.05, 0) is 0 Å². The van der Waals surface area contributed by atoms with Crippen molar-refractivity contribution in [3.8, 4) is 0 Å². The van der Waals surface area contributed by atoms with E-state index in [2.05, 4.69) is 0 Å². The van der Waals surface area contributed by atoms with Gasteiger partial charge in [0, 0.05) is 26.2 Å². The van der Waals surface area contributed by atoms with Gasteiger partial charge in [-0.15, -0.1) is 0 Å². The molecule has 88 valence electrons. The third-order valence-corrected chi connectivity index (χ3v) is 2.19. The van der Waals surface area contributed by atoms with Gasteiger partial charge in [0.25, 0.3) is 0 Å². The predicted octanol–water partition coefficient (Wildman–Crippen LogP) is -0.250. The van der Waals surface area contributed by atoms with Crippen LogP contribution in [0.1, 0.15) is 0 Å². The molecule has 15 heavy (non-hydrogen) atoms. The molecular weight excluding hydrogens is 213 g/mol. The zero-order chi connectivity index (χ0) is 11.5. The van der Waals surface area contributed by atoms with Gasteiger partial charge in [0.1, 0.15) is 0 Å². The smallest absolute Gasteiger partial charge is 0.321 e. The summed E-state index contributed by atoms with van der Waals surface area (Å²) in [7, 11) is 0. The van der Waals surface area contributed by atoms with E-state index in [0.717, 1.165) is 0 Å². The molecule has 0 aromatic carbocycles. The fourth-order valence-electron chi connectivity index (χ4n) is 1.45. The molecule has 2 amide bonds. The molecule has 0 saturated carbocycles. The number of nitrogens with one attached hydrogen (secondary N) is 1. The Balaban J connectivity index is 2.33. The zero-order valence-corrected chi connectivity index (χ0v) is 8.05. The molecule has 0 aromatic rings. The fraction of sp³-hybridized carbons (Fsp3) is 0.857. The minimum atomic E-state index is -4.18. The van der Waals surface area contributed by atoms with Crippen LogP contribution in [0.3, 0.4) is 0 Å². The van der Waals surface area contributed by atoms with Crippen LogP contribution in [-0.4, -0.2) is 54.7 Å². The minimum Gasteiger partial charge on any atom is -0.321 e. The molecule has 1 fully saturated rings. The minimum absolute atomic E-state index is 0.215. The molecule has 0 aliphatic carbocycles. The van der Waals surface area contributed by atoms with Crippen molar-refractivity contribution in [1.82, 2.24) is 15.2 Å². The maximum atomic E-state index is 12.0. The molecule has 1 aliphatic heterocycles. The normalized spacial score (nSPS) is 19.1. The number of piperazine rings is 1. The number of hydrogen-bond donors (Lipinski definition) is 2. The summed E-state index contributed by atoms with van der Waals surface area (Å²) in [6.45, 7) is 0.0309. The van der Waals surface area contributed by atoms with Crippen LogP contribution in [0.2, 0.25) is 0 Å². The molecule has 5 nitrogen and oxygen atoms in total. The van der Waals surface area contributed by atoms with Gasteiger partial charge in [-0.3, -0.25) is 10.3 Å². The zero-order valence-electron chi connectivity index (χ0n) is 8.05. The van der Waals surface area contributed by atoms with Crippen molar-refractivity contribution in [1.29, 1.82) is 0 Å². The van der Waals surface area contributed by atoms with E-state index in [1.807, 2.05) is 5.43 Å². The van der Waals surface area contributed by atoms with Crippen LogP contribution in [0.5, 0.6) is 0 Å². The van der Waals surface area contributed by atoms with Gasteiger partial charge in [-0.25, -0.2) is 10.6 Å². The first-order valence-electron chi connectivity index (χ1n) is 4.47. The van der Waals surface area contributed by atoms with Crippen LogP contribution in [0, 0.1) is 0 Å². The summed E-state index contributed by atoms with van der Waals surface area (Å²) >= 11 is 0. The molecule has 3 N–H and O–H groups in total. The third kappa shape index (κ3) is 3.92. The van der Waals surface area contributed by atoms with Crippen LogP contribution in [0.25, 0.3) is 0 Å². The first kappa shape index (κ1) is 12.1. The lowest BCUT2D eigenvalue weighted by atomic mass is 10.3. The number of carbonyl (C=O) groups excluding carboxylic acids is 1. The highest BCUT2D eigenvalue weighted by Crippen LogP contribution is 2.17. The highest BCUT2D eigenvalue weighted by molar-refractivity contribution is 5.73. The van der Waals surface area contributed by atoms with Gasteiger partial charge in [0.15, 0.2) is 0 Å². The maximum absolute atomic E-state index is 12.0. The summed E-state index contributed by atoms with van der Waals surface area (Å²) in [4.78, 5) is 13.7. The summed E-state index contributed by atoms with van der Waals surface area (Å²) < 4.78 is 36.0. The number of hydrogen-bond acceptors (Lipinski definition) is 3. The molecule has 1 rings (SSSR count). The molecule has 0 atom stereocenters. The number of alkyl halides is 3. The van der Waals surface area contributed by atoms with Crippen molar-refractivity contribution in [3.63, 3.8) is 0 Å².